The van der Waals surface area contributed by atoms with Crippen molar-refractivity contribution in [2.75, 3.05) is 0 Å². The van der Waals surface area contributed by atoms with Gasteiger partial charge in [0.05, 0.1) is 5.25 Å². The summed E-state index contributed by atoms with van der Waals surface area (Å²) in [5.74, 6) is 0. The number of thiophene rings is 1. The van der Waals surface area contributed by atoms with Gasteiger partial charge in [-0.15, -0.1) is 11.3 Å². The molecule has 2 heterocycles. The first-order chi connectivity index (χ1) is 6.62. The van der Waals surface area contributed by atoms with Gasteiger partial charge in [-0.1, -0.05) is 13.8 Å². The summed E-state index contributed by atoms with van der Waals surface area (Å²) in [6.07, 6.45) is 1.89. The summed E-state index contributed by atoms with van der Waals surface area (Å²) in [7, 11) is -2.46. The second-order valence-electron chi connectivity index (χ2n) is 3.18. The van der Waals surface area contributed by atoms with E-state index in [9.17, 15) is 9.11 Å². The molecule has 0 amide bonds. The summed E-state index contributed by atoms with van der Waals surface area (Å²) in [5.41, 5.74) is 1.14. The average molecular weight is 234 g/mol. The van der Waals surface area contributed by atoms with Crippen LogP contribution >= 0.6 is 21.9 Å². The highest BCUT2D eigenvalue weighted by molar-refractivity contribution is 8.26. The van der Waals surface area contributed by atoms with Crippen molar-refractivity contribution in [3.8, 4) is 0 Å². The van der Waals surface area contributed by atoms with Crippen molar-refractivity contribution in [2.45, 2.75) is 43.1 Å². The van der Waals surface area contributed by atoms with Crippen LogP contribution in [0.1, 0.15) is 32.8 Å². The molecule has 82 valence electrons. The largest absolute Gasteiger partial charge is 0.294 e. The first-order valence-corrected chi connectivity index (χ1v) is 7.45. The van der Waals surface area contributed by atoms with Crippen LogP contribution in [-0.4, -0.2) is 14.4 Å². The minimum Gasteiger partial charge on any atom is -0.294 e. The third kappa shape index (κ3) is 1.98. The lowest BCUT2D eigenvalue weighted by Gasteiger charge is -2.41. The van der Waals surface area contributed by atoms with E-state index in [1.54, 1.807) is 0 Å². The molecule has 0 radical (unpaired) electrons. The van der Waals surface area contributed by atoms with E-state index in [-0.39, 0.29) is 5.25 Å². The van der Waals surface area contributed by atoms with E-state index in [4.69, 9.17) is 0 Å². The molecule has 2 nitrogen and oxygen atoms in total. The highest BCUT2D eigenvalue weighted by atomic mass is 32.3. The molecule has 0 saturated heterocycles. The molecular weight excluding hydrogens is 216 g/mol. The van der Waals surface area contributed by atoms with Gasteiger partial charge in [-0.2, -0.15) is 10.6 Å². The van der Waals surface area contributed by atoms with Gasteiger partial charge in [0, 0.05) is 0 Å². The topological polar surface area (TPSA) is 40.5 Å². The van der Waals surface area contributed by atoms with Crippen molar-refractivity contribution >= 4 is 21.9 Å². The van der Waals surface area contributed by atoms with Crippen molar-refractivity contribution in [1.29, 1.82) is 0 Å². The van der Waals surface area contributed by atoms with Gasteiger partial charge in [0.2, 0.25) is 0 Å². The second kappa shape index (κ2) is 4.66. The molecular formula is C10H18O2S2. The van der Waals surface area contributed by atoms with Crippen molar-refractivity contribution in [2.24, 2.45) is 0 Å². The normalized spacial score (nSPS) is 25.6. The molecule has 1 unspecified atom stereocenters. The highest BCUT2D eigenvalue weighted by Crippen LogP contribution is 2.59. The minimum absolute atomic E-state index is 0.0312. The fourth-order valence-electron chi connectivity index (χ4n) is 1.48. The third-order valence-electron chi connectivity index (χ3n) is 2.36. The molecule has 1 aromatic heterocycles. The Labute approximate surface area is 91.3 Å². The lowest BCUT2D eigenvalue weighted by Crippen LogP contribution is -2.19. The maximum Gasteiger partial charge on any atom is 0.114 e. The Morgan fingerprint density at radius 2 is 2.07 bits per heavy atom. The molecule has 0 spiro atoms. The van der Waals surface area contributed by atoms with Gasteiger partial charge in [-0.05, 0) is 36.8 Å². The van der Waals surface area contributed by atoms with Gasteiger partial charge >= 0.3 is 0 Å². The number of fused-ring (bicyclic) bond motifs is 1. The zero-order valence-corrected chi connectivity index (χ0v) is 10.5. The van der Waals surface area contributed by atoms with Crippen LogP contribution in [0.4, 0.5) is 0 Å². The van der Waals surface area contributed by atoms with E-state index in [0.29, 0.717) is 0 Å². The standard InChI is InChI=1S/C8H12O2S2.C2H6/c1-6-2-3-7-4-5-11-8(7)12(6,9)10;1-2/h4-6,9-10H,2-3H2,1H3;1-2H3. The smallest absolute Gasteiger partial charge is 0.114 e. The summed E-state index contributed by atoms with van der Waals surface area (Å²) in [6, 6.07) is 2.00. The molecule has 0 bridgehead atoms. The van der Waals surface area contributed by atoms with E-state index in [0.717, 1.165) is 22.6 Å². The molecule has 0 aromatic carbocycles. The first kappa shape index (κ1) is 12.0. The second-order valence-corrected chi connectivity index (χ2v) is 6.75. The summed E-state index contributed by atoms with van der Waals surface area (Å²) in [5, 5.41) is 1.97. The Hall–Kier alpha value is -0.0300. The molecule has 2 rings (SSSR count). The van der Waals surface area contributed by atoms with Crippen molar-refractivity contribution in [3.63, 3.8) is 0 Å². The van der Waals surface area contributed by atoms with Crippen LogP contribution in [0.25, 0.3) is 0 Å². The Balaban J connectivity index is 0.000000461. The summed E-state index contributed by atoms with van der Waals surface area (Å²) < 4.78 is 20.5. The zero-order chi connectivity index (χ0) is 10.8. The van der Waals surface area contributed by atoms with Gasteiger partial charge < -0.3 is 0 Å². The molecule has 1 aromatic rings. The number of hydrogen-bond acceptors (Lipinski definition) is 3. The Kier molecular flexibility index (Phi) is 4.01. The summed E-state index contributed by atoms with van der Waals surface area (Å²) in [6.45, 7) is 5.91. The third-order valence-corrected chi connectivity index (χ3v) is 6.30. The highest BCUT2D eigenvalue weighted by Gasteiger charge is 2.31. The van der Waals surface area contributed by atoms with Crippen LogP contribution in [0.2, 0.25) is 0 Å². The monoisotopic (exact) mass is 234 g/mol. The maximum atomic E-state index is 9.83. The molecule has 0 saturated carbocycles. The Morgan fingerprint density at radius 3 is 2.71 bits per heavy atom. The predicted octanol–water partition coefficient (Wildman–Crippen LogP) is 4.22. The molecule has 0 aliphatic carbocycles. The Bertz CT molecular complexity index is 294. The van der Waals surface area contributed by atoms with E-state index in [1.807, 2.05) is 32.2 Å². The van der Waals surface area contributed by atoms with E-state index >= 15 is 0 Å². The van der Waals surface area contributed by atoms with Gasteiger partial charge in [-0.25, -0.2) is 0 Å². The summed E-state index contributed by atoms with van der Waals surface area (Å²) >= 11 is 1.47. The van der Waals surface area contributed by atoms with Crippen LogP contribution in [0.15, 0.2) is 15.7 Å². The van der Waals surface area contributed by atoms with Crippen molar-refractivity contribution in [3.05, 3.63) is 17.0 Å². The van der Waals surface area contributed by atoms with Crippen molar-refractivity contribution in [1.82, 2.24) is 0 Å². The van der Waals surface area contributed by atoms with E-state index in [2.05, 4.69) is 0 Å². The summed E-state index contributed by atoms with van der Waals surface area (Å²) in [4.78, 5) is 0. The number of aryl methyl sites for hydroxylation is 1. The number of hydrogen-bond donors (Lipinski definition) is 2. The molecule has 2 N–H and O–H groups in total. The molecule has 0 fully saturated rings. The first-order valence-electron chi connectivity index (χ1n) is 4.96. The SMILES string of the molecule is CC.CC1CCc2ccsc2S1(O)O. The molecule has 14 heavy (non-hydrogen) atoms. The number of rotatable bonds is 0. The van der Waals surface area contributed by atoms with Gasteiger partial charge in [0.1, 0.15) is 4.21 Å². The van der Waals surface area contributed by atoms with Crippen LogP contribution in [-0.2, 0) is 6.42 Å². The minimum atomic E-state index is -2.46. The van der Waals surface area contributed by atoms with Crippen LogP contribution in [0.3, 0.4) is 0 Å². The maximum absolute atomic E-state index is 9.83. The van der Waals surface area contributed by atoms with E-state index < -0.39 is 10.6 Å². The van der Waals surface area contributed by atoms with Gasteiger partial charge in [0.25, 0.3) is 0 Å². The predicted molar refractivity (Wildman–Crippen MR) is 64.6 cm³/mol. The lowest BCUT2D eigenvalue weighted by atomic mass is 10.1. The average Bonchev–Trinajstić information content (AvgIpc) is 2.64. The van der Waals surface area contributed by atoms with Gasteiger partial charge in [-0.3, -0.25) is 9.11 Å². The fourth-order valence-corrected chi connectivity index (χ4v) is 4.75. The van der Waals surface area contributed by atoms with Crippen LogP contribution < -0.4 is 0 Å². The molecule has 1 aliphatic rings. The zero-order valence-electron chi connectivity index (χ0n) is 8.86. The molecule has 1 aliphatic heterocycles. The molecule has 4 heteroatoms. The Morgan fingerprint density at radius 1 is 1.43 bits per heavy atom. The van der Waals surface area contributed by atoms with Gasteiger partial charge in [0.15, 0.2) is 0 Å². The fraction of sp³-hybridized carbons (Fsp3) is 0.600. The van der Waals surface area contributed by atoms with Crippen LogP contribution in [0.5, 0.6) is 0 Å². The van der Waals surface area contributed by atoms with Crippen LogP contribution in [0, 0.1) is 0 Å². The van der Waals surface area contributed by atoms with Crippen molar-refractivity contribution < 1.29 is 9.11 Å². The quantitative estimate of drug-likeness (QED) is 0.705. The molecule has 1 atom stereocenters. The van der Waals surface area contributed by atoms with E-state index in [1.165, 1.54) is 11.3 Å². The lowest BCUT2D eigenvalue weighted by molar-refractivity contribution is 0.463.